The molecule has 2 heterocycles. The fourth-order valence-corrected chi connectivity index (χ4v) is 3.81. The van der Waals surface area contributed by atoms with E-state index in [1.54, 1.807) is 24.3 Å². The van der Waals surface area contributed by atoms with Crippen LogP contribution in [-0.2, 0) is 0 Å². The van der Waals surface area contributed by atoms with Crippen LogP contribution in [0.15, 0.2) is 66.7 Å². The molecular formula is C27H24N2O4. The number of amides is 1. The van der Waals surface area contributed by atoms with Crippen molar-refractivity contribution in [2.24, 2.45) is 0 Å². The van der Waals surface area contributed by atoms with Crippen LogP contribution in [0.1, 0.15) is 22.8 Å². The number of anilines is 1. The summed E-state index contributed by atoms with van der Waals surface area (Å²) >= 11 is 0. The molecule has 33 heavy (non-hydrogen) atoms. The molecule has 4 aromatic rings. The van der Waals surface area contributed by atoms with Gasteiger partial charge in [-0.25, -0.2) is 4.98 Å². The lowest BCUT2D eigenvalue weighted by molar-refractivity contribution is 0.102. The topological polar surface area (TPSA) is 69.7 Å². The summed E-state index contributed by atoms with van der Waals surface area (Å²) in [6.45, 7) is 5.53. The highest BCUT2D eigenvalue weighted by Crippen LogP contribution is 2.34. The van der Waals surface area contributed by atoms with Crippen LogP contribution in [0.4, 0.5) is 5.69 Å². The molecule has 0 fully saturated rings. The van der Waals surface area contributed by atoms with Crippen molar-refractivity contribution in [2.45, 2.75) is 13.8 Å². The molecular weight excluding hydrogens is 416 g/mol. The van der Waals surface area contributed by atoms with Crippen molar-refractivity contribution < 1.29 is 19.0 Å². The van der Waals surface area contributed by atoms with Crippen LogP contribution in [0.25, 0.3) is 22.2 Å². The van der Waals surface area contributed by atoms with Crippen LogP contribution in [0.5, 0.6) is 17.2 Å². The number of nitrogens with zero attached hydrogens (tertiary/aromatic N) is 1. The Morgan fingerprint density at radius 1 is 0.970 bits per heavy atom. The minimum Gasteiger partial charge on any atom is -0.493 e. The molecule has 0 aliphatic carbocycles. The summed E-state index contributed by atoms with van der Waals surface area (Å²) in [5.41, 5.74) is 4.97. The zero-order chi connectivity index (χ0) is 22.8. The number of nitrogens with one attached hydrogen (secondary N) is 1. The number of fused-ring (bicyclic) bond motifs is 2. The molecule has 6 heteroatoms. The Hall–Kier alpha value is -4.06. The van der Waals surface area contributed by atoms with Crippen molar-refractivity contribution in [3.63, 3.8) is 0 Å². The quantitative estimate of drug-likeness (QED) is 0.435. The van der Waals surface area contributed by atoms with Gasteiger partial charge in [0.25, 0.3) is 5.91 Å². The van der Waals surface area contributed by atoms with Crippen LogP contribution >= 0.6 is 0 Å². The first-order chi connectivity index (χ1) is 16.1. The molecule has 1 aliphatic heterocycles. The number of carbonyl (C=O) groups excluding carboxylic acids is 1. The van der Waals surface area contributed by atoms with Gasteiger partial charge in [0.1, 0.15) is 19.0 Å². The first-order valence-electron chi connectivity index (χ1n) is 11.0. The number of aryl methyl sites for hydroxylation is 1. The average molecular weight is 440 g/mol. The van der Waals surface area contributed by atoms with Crippen LogP contribution in [0.3, 0.4) is 0 Å². The highest BCUT2D eigenvalue weighted by Gasteiger charge is 2.15. The molecule has 6 nitrogen and oxygen atoms in total. The molecule has 0 unspecified atom stereocenters. The van der Waals surface area contributed by atoms with Gasteiger partial charge in [-0.3, -0.25) is 4.79 Å². The molecule has 3 aromatic carbocycles. The lowest BCUT2D eigenvalue weighted by Gasteiger charge is -2.19. The summed E-state index contributed by atoms with van der Waals surface area (Å²) in [6, 6.07) is 21.0. The highest BCUT2D eigenvalue weighted by molar-refractivity contribution is 6.07. The third-order valence-electron chi connectivity index (χ3n) is 5.48. The van der Waals surface area contributed by atoms with E-state index in [0.717, 1.165) is 22.2 Å². The zero-order valence-electron chi connectivity index (χ0n) is 18.6. The van der Waals surface area contributed by atoms with Gasteiger partial charge >= 0.3 is 0 Å². The minimum absolute atomic E-state index is 0.223. The fourth-order valence-electron chi connectivity index (χ4n) is 3.81. The van der Waals surface area contributed by atoms with Crippen molar-refractivity contribution in [1.82, 2.24) is 4.98 Å². The Morgan fingerprint density at radius 2 is 1.76 bits per heavy atom. The third-order valence-corrected chi connectivity index (χ3v) is 5.48. The molecule has 1 N–H and O–H groups in total. The van der Waals surface area contributed by atoms with Crippen LogP contribution < -0.4 is 19.5 Å². The highest BCUT2D eigenvalue weighted by atomic mass is 16.6. The van der Waals surface area contributed by atoms with Crippen molar-refractivity contribution in [1.29, 1.82) is 0 Å². The third kappa shape index (κ3) is 4.32. The Bertz CT molecular complexity index is 1330. The molecule has 166 valence electrons. The Balaban J connectivity index is 1.46. The number of pyridine rings is 1. The van der Waals surface area contributed by atoms with Gasteiger partial charge in [-0.2, -0.15) is 0 Å². The molecule has 5 rings (SSSR count). The Kier molecular flexibility index (Phi) is 5.57. The van der Waals surface area contributed by atoms with Gasteiger partial charge in [0.2, 0.25) is 0 Å². The summed E-state index contributed by atoms with van der Waals surface area (Å²) in [6.07, 6.45) is 0. The van der Waals surface area contributed by atoms with Crippen LogP contribution in [0.2, 0.25) is 0 Å². The molecule has 0 radical (unpaired) electrons. The Morgan fingerprint density at radius 3 is 2.55 bits per heavy atom. The van der Waals surface area contributed by atoms with E-state index in [1.807, 2.05) is 37.3 Å². The van der Waals surface area contributed by atoms with Crippen LogP contribution in [0, 0.1) is 6.92 Å². The van der Waals surface area contributed by atoms with Gasteiger partial charge in [0, 0.05) is 34.3 Å². The van der Waals surface area contributed by atoms with Crippen molar-refractivity contribution >= 4 is 22.5 Å². The maximum Gasteiger partial charge on any atom is 0.255 e. The molecule has 0 atom stereocenters. The number of rotatable bonds is 5. The van der Waals surface area contributed by atoms with E-state index in [9.17, 15) is 4.79 Å². The number of aromatic nitrogens is 1. The van der Waals surface area contributed by atoms with Crippen molar-refractivity contribution in [3.8, 4) is 28.5 Å². The minimum atomic E-state index is -0.223. The first kappa shape index (κ1) is 20.8. The van der Waals surface area contributed by atoms with Gasteiger partial charge < -0.3 is 19.5 Å². The monoisotopic (exact) mass is 440 g/mol. The van der Waals surface area contributed by atoms with E-state index in [2.05, 4.69) is 24.4 Å². The lowest BCUT2D eigenvalue weighted by Crippen LogP contribution is -2.16. The van der Waals surface area contributed by atoms with Gasteiger partial charge in [0.15, 0.2) is 11.5 Å². The predicted octanol–water partition coefficient (Wildman–Crippen LogP) is 5.63. The van der Waals surface area contributed by atoms with E-state index in [4.69, 9.17) is 19.2 Å². The fraction of sp³-hybridized carbons (Fsp3) is 0.185. The maximum atomic E-state index is 13.0. The standard InChI is InChI=1S/C27H24N2O4/c1-3-31-25-16-23(18-6-4-17(2)5-7-18)29-22-10-8-19(14-21(22)25)27(30)28-20-9-11-24-26(15-20)33-13-12-32-24/h4-11,14-16H,3,12-13H2,1-2H3,(H,28,30). The number of benzene rings is 3. The second-order valence-corrected chi connectivity index (χ2v) is 7.85. The number of ether oxygens (including phenoxy) is 3. The van der Waals surface area contributed by atoms with E-state index in [1.165, 1.54) is 5.56 Å². The summed E-state index contributed by atoms with van der Waals surface area (Å²) in [5.74, 6) is 1.79. The number of carbonyl (C=O) groups is 1. The smallest absolute Gasteiger partial charge is 0.255 e. The van der Waals surface area contributed by atoms with E-state index < -0.39 is 0 Å². The summed E-state index contributed by atoms with van der Waals surface area (Å²) in [4.78, 5) is 17.8. The first-order valence-corrected chi connectivity index (χ1v) is 11.0. The van der Waals surface area contributed by atoms with E-state index >= 15 is 0 Å². The molecule has 0 bridgehead atoms. The molecule has 1 aliphatic rings. The zero-order valence-corrected chi connectivity index (χ0v) is 18.6. The second-order valence-electron chi connectivity index (χ2n) is 7.85. The largest absolute Gasteiger partial charge is 0.493 e. The second kappa shape index (κ2) is 8.82. The predicted molar refractivity (Wildman–Crippen MR) is 128 cm³/mol. The van der Waals surface area contributed by atoms with E-state index in [-0.39, 0.29) is 5.91 Å². The molecule has 0 saturated heterocycles. The van der Waals surface area contributed by atoms with Crippen molar-refractivity contribution in [3.05, 3.63) is 77.9 Å². The van der Waals surface area contributed by atoms with E-state index in [0.29, 0.717) is 48.3 Å². The van der Waals surface area contributed by atoms with Crippen LogP contribution in [-0.4, -0.2) is 30.7 Å². The van der Waals surface area contributed by atoms with Crippen molar-refractivity contribution in [2.75, 3.05) is 25.1 Å². The summed E-state index contributed by atoms with van der Waals surface area (Å²) in [7, 11) is 0. The average Bonchev–Trinajstić information content (AvgIpc) is 2.84. The SMILES string of the molecule is CCOc1cc(-c2ccc(C)cc2)nc2ccc(C(=O)Nc3ccc4c(c3)OCCO4)cc12. The van der Waals surface area contributed by atoms with Gasteiger partial charge in [0.05, 0.1) is 17.8 Å². The lowest BCUT2D eigenvalue weighted by atomic mass is 10.1. The van der Waals surface area contributed by atoms with Gasteiger partial charge in [-0.05, 0) is 44.2 Å². The number of hydrogen-bond donors (Lipinski definition) is 1. The molecule has 1 amide bonds. The molecule has 0 spiro atoms. The summed E-state index contributed by atoms with van der Waals surface area (Å²) < 4.78 is 17.1. The summed E-state index contributed by atoms with van der Waals surface area (Å²) in [5, 5.41) is 3.73. The Labute approximate surface area is 192 Å². The molecule has 1 aromatic heterocycles. The maximum absolute atomic E-state index is 13.0. The normalized spacial score (nSPS) is 12.4. The van der Waals surface area contributed by atoms with Gasteiger partial charge in [-0.15, -0.1) is 0 Å². The number of hydrogen-bond acceptors (Lipinski definition) is 5. The molecule has 0 saturated carbocycles. The van der Waals surface area contributed by atoms with Gasteiger partial charge in [-0.1, -0.05) is 29.8 Å².